The molecule has 1 aliphatic rings. The van der Waals surface area contributed by atoms with Crippen molar-refractivity contribution in [3.63, 3.8) is 0 Å². The lowest BCUT2D eigenvalue weighted by molar-refractivity contribution is -0.0709. The van der Waals surface area contributed by atoms with E-state index in [1.165, 1.54) is 0 Å². The van der Waals surface area contributed by atoms with Crippen molar-refractivity contribution >= 4 is 17.4 Å². The molecule has 2 atom stereocenters. The Hall–Kier alpha value is -0.810. The summed E-state index contributed by atoms with van der Waals surface area (Å²) in [6.07, 6.45) is 2.76. The lowest BCUT2D eigenvalue weighted by Crippen LogP contribution is -2.41. The van der Waals surface area contributed by atoms with Gasteiger partial charge in [-0.1, -0.05) is 30.8 Å². The summed E-state index contributed by atoms with van der Waals surface area (Å²) in [6, 6.07) is 7.53. The first kappa shape index (κ1) is 15.6. The summed E-state index contributed by atoms with van der Waals surface area (Å²) in [5, 5.41) is 3.41. The molecular weight excluding hydrogens is 280 g/mol. The normalized spacial score (nSPS) is 26.8. The van der Waals surface area contributed by atoms with Crippen LogP contribution in [0.1, 0.15) is 33.1 Å². The molecule has 0 spiro atoms. The highest BCUT2D eigenvalue weighted by Gasteiger charge is 2.31. The van der Waals surface area contributed by atoms with Crippen LogP contribution in [0.5, 0.6) is 0 Å². The Labute approximate surface area is 123 Å². The number of ether oxygens (including phenoxy) is 1. The molecule has 0 bridgehead atoms. The molecule has 2 nitrogen and oxygen atoms in total. The van der Waals surface area contributed by atoms with Crippen LogP contribution in [0, 0.1) is 0 Å². The maximum absolute atomic E-state index is 12.6. The first-order valence-electron chi connectivity index (χ1n) is 6.97. The molecule has 0 aliphatic carbocycles. The van der Waals surface area contributed by atoms with Gasteiger partial charge in [0.2, 0.25) is 0 Å². The third-order valence-corrected chi connectivity index (χ3v) is 4.59. The van der Waals surface area contributed by atoms with Gasteiger partial charge in [0.1, 0.15) is 0 Å². The van der Waals surface area contributed by atoms with Crippen LogP contribution in [0.3, 0.4) is 0 Å². The number of para-hydroxylation sites is 1. The highest BCUT2D eigenvalue weighted by Crippen LogP contribution is 2.34. The van der Waals surface area contributed by atoms with Gasteiger partial charge in [0.15, 0.2) is 0 Å². The van der Waals surface area contributed by atoms with Crippen LogP contribution in [-0.4, -0.2) is 24.0 Å². The third kappa shape index (κ3) is 4.09. The zero-order valence-electron chi connectivity index (χ0n) is 11.9. The molecular formula is C15H21F2NOS. The first-order chi connectivity index (χ1) is 9.52. The van der Waals surface area contributed by atoms with Crippen LogP contribution < -0.4 is 5.32 Å². The summed E-state index contributed by atoms with van der Waals surface area (Å²) < 4.78 is 31.0. The number of halogens is 2. The van der Waals surface area contributed by atoms with Gasteiger partial charge in [-0.3, -0.25) is 0 Å². The predicted molar refractivity (Wildman–Crippen MR) is 79.6 cm³/mol. The second-order valence-electron chi connectivity index (χ2n) is 5.36. The molecule has 1 aromatic carbocycles. The van der Waals surface area contributed by atoms with E-state index >= 15 is 0 Å². The molecule has 5 heteroatoms. The molecule has 2 rings (SSSR count). The minimum absolute atomic E-state index is 0.110. The first-order valence-corrected chi connectivity index (χ1v) is 7.85. The molecule has 1 N–H and O–H groups in total. The number of thioether (sulfide) groups is 1. The van der Waals surface area contributed by atoms with Crippen LogP contribution in [0.25, 0.3) is 0 Å². The quantitative estimate of drug-likeness (QED) is 0.792. The summed E-state index contributed by atoms with van der Waals surface area (Å²) in [5.74, 6) is -2.39. The molecule has 0 radical (unpaired) electrons. The maximum Gasteiger partial charge on any atom is 0.288 e. The van der Waals surface area contributed by atoms with Crippen molar-refractivity contribution < 1.29 is 13.5 Å². The van der Waals surface area contributed by atoms with E-state index in [9.17, 15) is 8.78 Å². The van der Waals surface area contributed by atoms with Gasteiger partial charge >= 0.3 is 0 Å². The van der Waals surface area contributed by atoms with Gasteiger partial charge in [-0.05, 0) is 38.3 Å². The highest BCUT2D eigenvalue weighted by atomic mass is 32.2. The largest absolute Gasteiger partial charge is 0.381 e. The van der Waals surface area contributed by atoms with E-state index in [4.69, 9.17) is 4.74 Å². The molecule has 1 heterocycles. The number of hydrogen-bond donors (Lipinski definition) is 1. The van der Waals surface area contributed by atoms with E-state index in [2.05, 4.69) is 19.2 Å². The molecule has 1 aliphatic heterocycles. The van der Waals surface area contributed by atoms with Crippen molar-refractivity contribution in [3.8, 4) is 0 Å². The SMILES string of the molecule is CCC1(C)CC(Nc2ccccc2SC(F)F)CCO1. The number of rotatable bonds is 5. The van der Waals surface area contributed by atoms with Gasteiger partial charge < -0.3 is 10.1 Å². The molecule has 20 heavy (non-hydrogen) atoms. The molecule has 2 unspecified atom stereocenters. The van der Waals surface area contributed by atoms with E-state index in [1.54, 1.807) is 12.1 Å². The summed E-state index contributed by atoms with van der Waals surface area (Å²) in [7, 11) is 0. The summed E-state index contributed by atoms with van der Waals surface area (Å²) in [6.45, 7) is 4.94. The van der Waals surface area contributed by atoms with Crippen molar-refractivity contribution in [2.24, 2.45) is 0 Å². The second-order valence-corrected chi connectivity index (χ2v) is 6.39. The number of hydrogen-bond acceptors (Lipinski definition) is 3. The summed E-state index contributed by atoms with van der Waals surface area (Å²) in [4.78, 5) is 0.604. The van der Waals surface area contributed by atoms with E-state index in [0.717, 1.165) is 24.9 Å². The maximum atomic E-state index is 12.6. The van der Waals surface area contributed by atoms with Gasteiger partial charge in [-0.15, -0.1) is 0 Å². The third-order valence-electron chi connectivity index (χ3n) is 3.81. The molecule has 1 fully saturated rings. The molecule has 1 saturated heterocycles. The molecule has 0 amide bonds. The minimum Gasteiger partial charge on any atom is -0.381 e. The standard InChI is InChI=1S/C15H21F2NOS/c1-3-15(2)10-11(8-9-19-15)18-12-6-4-5-7-13(12)20-14(16)17/h4-7,11,14,18H,3,8-10H2,1-2H3. The van der Waals surface area contributed by atoms with E-state index in [0.29, 0.717) is 23.3 Å². The van der Waals surface area contributed by atoms with E-state index < -0.39 is 5.76 Å². The van der Waals surface area contributed by atoms with Crippen LogP contribution in [0.4, 0.5) is 14.5 Å². The Morgan fingerprint density at radius 3 is 2.90 bits per heavy atom. The smallest absolute Gasteiger partial charge is 0.288 e. The van der Waals surface area contributed by atoms with Crippen LogP contribution in [0.2, 0.25) is 0 Å². The second kappa shape index (κ2) is 6.76. The molecule has 0 aromatic heterocycles. The Morgan fingerprint density at radius 1 is 1.45 bits per heavy atom. The minimum atomic E-state index is -2.39. The zero-order chi connectivity index (χ0) is 14.6. The van der Waals surface area contributed by atoms with E-state index in [-0.39, 0.29) is 11.6 Å². The zero-order valence-corrected chi connectivity index (χ0v) is 12.7. The van der Waals surface area contributed by atoms with Crippen molar-refractivity contribution in [2.45, 2.75) is 55.4 Å². The highest BCUT2D eigenvalue weighted by molar-refractivity contribution is 7.99. The predicted octanol–water partition coefficient (Wildman–Crippen LogP) is 4.76. The van der Waals surface area contributed by atoms with Gasteiger partial charge in [0, 0.05) is 23.2 Å². The molecule has 0 saturated carbocycles. The fraction of sp³-hybridized carbons (Fsp3) is 0.600. The monoisotopic (exact) mass is 301 g/mol. The Morgan fingerprint density at radius 2 is 2.20 bits per heavy atom. The van der Waals surface area contributed by atoms with Crippen molar-refractivity contribution in [1.82, 2.24) is 0 Å². The Bertz CT molecular complexity index is 444. The fourth-order valence-electron chi connectivity index (χ4n) is 2.50. The molecule has 112 valence electrons. The number of alkyl halides is 2. The van der Waals surface area contributed by atoms with Crippen LogP contribution >= 0.6 is 11.8 Å². The number of nitrogens with one attached hydrogen (secondary N) is 1. The summed E-state index contributed by atoms with van der Waals surface area (Å²) >= 11 is 0.592. The average Bonchev–Trinajstić information content (AvgIpc) is 2.41. The lowest BCUT2D eigenvalue weighted by Gasteiger charge is -2.38. The van der Waals surface area contributed by atoms with E-state index in [1.807, 2.05) is 12.1 Å². The van der Waals surface area contributed by atoms with Gasteiger partial charge in [-0.25, -0.2) is 0 Å². The van der Waals surface area contributed by atoms with Gasteiger partial charge in [-0.2, -0.15) is 8.78 Å². The molecule has 1 aromatic rings. The lowest BCUT2D eigenvalue weighted by atomic mass is 9.90. The van der Waals surface area contributed by atoms with Crippen molar-refractivity contribution in [1.29, 1.82) is 0 Å². The fourth-order valence-corrected chi connectivity index (χ4v) is 3.11. The van der Waals surface area contributed by atoms with Crippen LogP contribution in [-0.2, 0) is 4.74 Å². The number of anilines is 1. The van der Waals surface area contributed by atoms with Crippen molar-refractivity contribution in [2.75, 3.05) is 11.9 Å². The van der Waals surface area contributed by atoms with Crippen LogP contribution in [0.15, 0.2) is 29.2 Å². The van der Waals surface area contributed by atoms with Gasteiger partial charge in [0.05, 0.1) is 5.60 Å². The van der Waals surface area contributed by atoms with Gasteiger partial charge in [0.25, 0.3) is 5.76 Å². The topological polar surface area (TPSA) is 21.3 Å². The Kier molecular flexibility index (Phi) is 5.27. The summed E-state index contributed by atoms with van der Waals surface area (Å²) in [5.41, 5.74) is 0.684. The number of benzene rings is 1. The Balaban J connectivity index is 2.06. The van der Waals surface area contributed by atoms with Crippen molar-refractivity contribution in [3.05, 3.63) is 24.3 Å². The average molecular weight is 301 g/mol.